The number of carbonyl (C=O) groups is 2. The van der Waals surface area contributed by atoms with Crippen LogP contribution in [0.15, 0.2) is 18.2 Å². The van der Waals surface area contributed by atoms with E-state index in [1.807, 2.05) is 0 Å². The molecular formula is C10H9ClO2. The van der Waals surface area contributed by atoms with Crippen LogP contribution in [0.1, 0.15) is 34.6 Å². The Morgan fingerprint density at radius 3 is 1.77 bits per heavy atom. The summed E-state index contributed by atoms with van der Waals surface area (Å²) in [6.07, 6.45) is 0. The number of hydrogen-bond acceptors (Lipinski definition) is 2. The monoisotopic (exact) mass is 196 g/mol. The van der Waals surface area contributed by atoms with Crippen LogP contribution < -0.4 is 0 Å². The molecule has 68 valence electrons. The number of hydrogen-bond donors (Lipinski definition) is 0. The molecule has 1 aromatic carbocycles. The van der Waals surface area contributed by atoms with E-state index in [-0.39, 0.29) is 16.6 Å². The Hall–Kier alpha value is -1.15. The van der Waals surface area contributed by atoms with Gasteiger partial charge in [0, 0.05) is 11.1 Å². The van der Waals surface area contributed by atoms with Gasteiger partial charge in [-0.3, -0.25) is 9.59 Å². The summed E-state index contributed by atoms with van der Waals surface area (Å²) in [5, 5.41) is 0.252. The maximum Gasteiger partial charge on any atom is 0.161 e. The summed E-state index contributed by atoms with van der Waals surface area (Å²) in [7, 11) is 0. The second-order valence-corrected chi connectivity index (χ2v) is 3.16. The van der Waals surface area contributed by atoms with Crippen molar-refractivity contribution in [3.8, 4) is 0 Å². The van der Waals surface area contributed by atoms with Gasteiger partial charge in [-0.05, 0) is 26.0 Å². The van der Waals surface area contributed by atoms with E-state index in [0.717, 1.165) is 0 Å². The molecule has 0 aliphatic heterocycles. The molecule has 0 heterocycles. The second-order valence-electron chi connectivity index (χ2n) is 2.78. The lowest BCUT2D eigenvalue weighted by Crippen LogP contribution is -2.00. The molecule has 0 aromatic heterocycles. The highest BCUT2D eigenvalue weighted by molar-refractivity contribution is 6.36. The van der Waals surface area contributed by atoms with Gasteiger partial charge in [0.05, 0.1) is 5.02 Å². The van der Waals surface area contributed by atoms with Crippen LogP contribution in [0.5, 0.6) is 0 Å². The van der Waals surface area contributed by atoms with Crippen LogP contribution in [0.25, 0.3) is 0 Å². The molecule has 3 heteroatoms. The molecule has 0 saturated carbocycles. The predicted octanol–water partition coefficient (Wildman–Crippen LogP) is 2.75. The third-order valence-corrected chi connectivity index (χ3v) is 2.16. The number of rotatable bonds is 2. The summed E-state index contributed by atoms with van der Waals surface area (Å²) >= 11 is 5.86. The van der Waals surface area contributed by atoms with Gasteiger partial charge >= 0.3 is 0 Å². The van der Waals surface area contributed by atoms with E-state index in [0.29, 0.717) is 11.1 Å². The molecule has 1 rings (SSSR count). The first-order chi connectivity index (χ1) is 6.04. The highest BCUT2D eigenvalue weighted by atomic mass is 35.5. The molecule has 0 radical (unpaired) electrons. The number of carbonyl (C=O) groups excluding carboxylic acids is 2. The van der Waals surface area contributed by atoms with Crippen molar-refractivity contribution < 1.29 is 9.59 Å². The van der Waals surface area contributed by atoms with Gasteiger partial charge in [-0.1, -0.05) is 17.7 Å². The van der Waals surface area contributed by atoms with Gasteiger partial charge in [-0.15, -0.1) is 0 Å². The average molecular weight is 197 g/mol. The van der Waals surface area contributed by atoms with Crippen LogP contribution in [0, 0.1) is 0 Å². The van der Waals surface area contributed by atoms with Crippen LogP contribution in [0.2, 0.25) is 5.02 Å². The molecule has 0 bridgehead atoms. The van der Waals surface area contributed by atoms with Crippen LogP contribution >= 0.6 is 11.6 Å². The minimum atomic E-state index is -0.131. The molecule has 0 aliphatic carbocycles. The highest BCUT2D eigenvalue weighted by Crippen LogP contribution is 2.21. The zero-order valence-electron chi connectivity index (χ0n) is 7.43. The standard InChI is InChI=1S/C10H9ClO2/c1-6(12)8-4-3-5-9(7(2)13)10(8)11/h3-5H,1-2H3. The zero-order chi connectivity index (χ0) is 10.0. The van der Waals surface area contributed by atoms with E-state index in [1.165, 1.54) is 13.8 Å². The van der Waals surface area contributed by atoms with Gasteiger partial charge in [0.15, 0.2) is 11.6 Å². The molecule has 0 spiro atoms. The van der Waals surface area contributed by atoms with Crippen molar-refractivity contribution >= 4 is 23.2 Å². The second kappa shape index (κ2) is 3.71. The largest absolute Gasteiger partial charge is 0.294 e. The van der Waals surface area contributed by atoms with Crippen molar-refractivity contribution in [3.63, 3.8) is 0 Å². The summed E-state index contributed by atoms with van der Waals surface area (Å²) in [6, 6.07) is 4.87. The van der Waals surface area contributed by atoms with Crippen molar-refractivity contribution in [2.45, 2.75) is 13.8 Å². The summed E-state index contributed by atoms with van der Waals surface area (Å²) in [6.45, 7) is 2.84. The third kappa shape index (κ3) is 1.95. The third-order valence-electron chi connectivity index (χ3n) is 1.76. The molecule has 0 N–H and O–H groups in total. The minimum absolute atomic E-state index is 0.131. The minimum Gasteiger partial charge on any atom is -0.294 e. The van der Waals surface area contributed by atoms with Gasteiger partial charge < -0.3 is 0 Å². The van der Waals surface area contributed by atoms with E-state index >= 15 is 0 Å². The molecule has 0 saturated heterocycles. The molecule has 13 heavy (non-hydrogen) atoms. The van der Waals surface area contributed by atoms with Crippen molar-refractivity contribution in [1.29, 1.82) is 0 Å². The Morgan fingerprint density at radius 2 is 1.46 bits per heavy atom. The van der Waals surface area contributed by atoms with E-state index < -0.39 is 0 Å². The Kier molecular flexibility index (Phi) is 2.83. The number of ketones is 2. The summed E-state index contributed by atoms with van der Waals surface area (Å²) < 4.78 is 0. The highest BCUT2D eigenvalue weighted by Gasteiger charge is 2.11. The van der Waals surface area contributed by atoms with Gasteiger partial charge in [0.1, 0.15) is 0 Å². The Labute approximate surface area is 81.5 Å². The van der Waals surface area contributed by atoms with Crippen molar-refractivity contribution in [2.24, 2.45) is 0 Å². The Balaban J connectivity index is 3.35. The predicted molar refractivity (Wildman–Crippen MR) is 51.5 cm³/mol. The normalized spacial score (nSPS) is 9.77. The molecule has 0 unspecified atom stereocenters. The molecule has 2 nitrogen and oxygen atoms in total. The number of benzene rings is 1. The maximum atomic E-state index is 11.0. The maximum absolute atomic E-state index is 11.0. The quantitative estimate of drug-likeness (QED) is 0.682. The van der Waals surface area contributed by atoms with E-state index in [1.54, 1.807) is 18.2 Å². The first-order valence-electron chi connectivity index (χ1n) is 3.84. The van der Waals surface area contributed by atoms with Crippen molar-refractivity contribution in [1.82, 2.24) is 0 Å². The number of Topliss-reactive ketones (excluding diaryl/α,β-unsaturated/α-hetero) is 2. The average Bonchev–Trinajstić information content (AvgIpc) is 2.03. The van der Waals surface area contributed by atoms with Gasteiger partial charge in [-0.2, -0.15) is 0 Å². The Morgan fingerprint density at radius 1 is 1.08 bits per heavy atom. The smallest absolute Gasteiger partial charge is 0.161 e. The topological polar surface area (TPSA) is 34.1 Å². The summed E-state index contributed by atoms with van der Waals surface area (Å²) in [5.74, 6) is -0.263. The van der Waals surface area contributed by atoms with E-state index in [4.69, 9.17) is 11.6 Å². The lowest BCUT2D eigenvalue weighted by Gasteiger charge is -2.03. The van der Waals surface area contributed by atoms with Crippen LogP contribution in [-0.4, -0.2) is 11.6 Å². The zero-order valence-corrected chi connectivity index (χ0v) is 8.18. The molecule has 0 aliphatic rings. The fourth-order valence-electron chi connectivity index (χ4n) is 1.08. The molecule has 1 aromatic rings. The lowest BCUT2D eigenvalue weighted by atomic mass is 10.1. The molecular weight excluding hydrogens is 188 g/mol. The first kappa shape index (κ1) is 9.93. The lowest BCUT2D eigenvalue weighted by molar-refractivity contribution is 0.101. The molecule has 0 amide bonds. The van der Waals surface area contributed by atoms with Crippen molar-refractivity contribution in [2.75, 3.05) is 0 Å². The van der Waals surface area contributed by atoms with E-state index in [9.17, 15) is 9.59 Å². The van der Waals surface area contributed by atoms with E-state index in [2.05, 4.69) is 0 Å². The van der Waals surface area contributed by atoms with Crippen LogP contribution in [0.3, 0.4) is 0 Å². The summed E-state index contributed by atoms with van der Waals surface area (Å²) in [5.41, 5.74) is 0.795. The van der Waals surface area contributed by atoms with Gasteiger partial charge in [-0.25, -0.2) is 0 Å². The number of halogens is 1. The van der Waals surface area contributed by atoms with Gasteiger partial charge in [0.2, 0.25) is 0 Å². The fourth-order valence-corrected chi connectivity index (χ4v) is 1.47. The first-order valence-corrected chi connectivity index (χ1v) is 4.22. The molecule has 0 fully saturated rings. The van der Waals surface area contributed by atoms with Crippen molar-refractivity contribution in [3.05, 3.63) is 34.3 Å². The summed E-state index contributed by atoms with van der Waals surface area (Å²) in [4.78, 5) is 22.1. The van der Waals surface area contributed by atoms with Gasteiger partial charge in [0.25, 0.3) is 0 Å². The SMILES string of the molecule is CC(=O)c1cccc(C(C)=O)c1Cl. The van der Waals surface area contributed by atoms with Crippen LogP contribution in [0.4, 0.5) is 0 Å². The fraction of sp³-hybridized carbons (Fsp3) is 0.200. The van der Waals surface area contributed by atoms with Crippen LogP contribution in [-0.2, 0) is 0 Å². The Bertz CT molecular complexity index is 337. The molecule has 0 atom stereocenters.